The van der Waals surface area contributed by atoms with Gasteiger partial charge in [-0.2, -0.15) is 0 Å². The topological polar surface area (TPSA) is 81.7 Å². The number of ether oxygens (including phenoxy) is 2. The maximum Gasteiger partial charge on any atom is 0.305 e. The molecule has 0 aliphatic carbocycles. The number of amides is 1. The first-order chi connectivity index (χ1) is 12.8. The van der Waals surface area contributed by atoms with Gasteiger partial charge in [0.1, 0.15) is 5.75 Å². The first-order valence-electron chi connectivity index (χ1n) is 9.55. The van der Waals surface area contributed by atoms with Crippen LogP contribution in [-0.4, -0.2) is 36.9 Å². The van der Waals surface area contributed by atoms with Crippen LogP contribution in [-0.2, 0) is 25.5 Å². The molecule has 150 valence electrons. The van der Waals surface area contributed by atoms with Crippen molar-refractivity contribution in [3.8, 4) is 5.75 Å². The number of ketones is 1. The minimum absolute atomic E-state index is 0.130. The molecule has 1 atom stereocenters. The maximum absolute atomic E-state index is 11.9. The lowest BCUT2D eigenvalue weighted by Gasteiger charge is -2.18. The Bertz CT molecular complexity index is 610. The van der Waals surface area contributed by atoms with E-state index in [1.165, 1.54) is 0 Å². The first kappa shape index (κ1) is 22.7. The number of carbonyl (C=O) groups is 3. The Kier molecular flexibility index (Phi) is 10.2. The molecule has 1 aromatic rings. The van der Waals surface area contributed by atoms with E-state index >= 15 is 0 Å². The number of aryl methyl sites for hydroxylation is 1. The molecule has 1 amide bonds. The van der Waals surface area contributed by atoms with Crippen LogP contribution in [0.3, 0.4) is 0 Å². The van der Waals surface area contributed by atoms with Crippen molar-refractivity contribution in [3.05, 3.63) is 29.8 Å². The van der Waals surface area contributed by atoms with E-state index in [0.717, 1.165) is 11.3 Å². The van der Waals surface area contributed by atoms with Crippen molar-refractivity contribution in [2.75, 3.05) is 13.2 Å². The number of benzene rings is 1. The molecule has 0 saturated carbocycles. The van der Waals surface area contributed by atoms with Crippen LogP contribution < -0.4 is 10.1 Å². The van der Waals surface area contributed by atoms with Crippen LogP contribution in [0.2, 0.25) is 0 Å². The average molecular weight is 377 g/mol. The Labute approximate surface area is 161 Å². The fraction of sp³-hybridized carbons (Fsp3) is 0.571. The van der Waals surface area contributed by atoms with Gasteiger partial charge in [-0.3, -0.25) is 14.4 Å². The Morgan fingerprint density at radius 1 is 1.04 bits per heavy atom. The van der Waals surface area contributed by atoms with Gasteiger partial charge >= 0.3 is 5.97 Å². The third-order valence-corrected chi connectivity index (χ3v) is 4.23. The summed E-state index contributed by atoms with van der Waals surface area (Å²) < 4.78 is 10.6. The van der Waals surface area contributed by atoms with Gasteiger partial charge in [0.2, 0.25) is 5.78 Å². The van der Waals surface area contributed by atoms with Crippen LogP contribution >= 0.6 is 0 Å². The summed E-state index contributed by atoms with van der Waals surface area (Å²) in [6, 6.07) is 7.59. The molecular formula is C21H31NO5. The lowest BCUT2D eigenvalue weighted by Crippen LogP contribution is -2.32. The molecule has 6 nitrogen and oxygen atoms in total. The molecule has 0 aromatic heterocycles. The van der Waals surface area contributed by atoms with E-state index in [1.54, 1.807) is 6.92 Å². The number of carbonyl (C=O) groups excluding carboxylic acids is 3. The molecule has 1 aromatic carbocycles. The molecule has 0 spiro atoms. The number of hydrogen-bond donors (Lipinski definition) is 1. The van der Waals surface area contributed by atoms with Crippen molar-refractivity contribution in [2.24, 2.45) is 5.92 Å². The summed E-state index contributed by atoms with van der Waals surface area (Å²) in [5.41, 5.74) is 0.975. The summed E-state index contributed by atoms with van der Waals surface area (Å²) in [6.45, 7) is 8.60. The highest BCUT2D eigenvalue weighted by Crippen LogP contribution is 2.17. The van der Waals surface area contributed by atoms with E-state index in [9.17, 15) is 14.4 Å². The minimum atomic E-state index is -0.607. The number of hydrogen-bond acceptors (Lipinski definition) is 5. The highest BCUT2D eigenvalue weighted by atomic mass is 16.5. The largest absolute Gasteiger partial charge is 0.490 e. The summed E-state index contributed by atoms with van der Waals surface area (Å²) in [4.78, 5) is 34.9. The molecule has 1 unspecified atom stereocenters. The van der Waals surface area contributed by atoms with E-state index in [0.29, 0.717) is 25.4 Å². The van der Waals surface area contributed by atoms with Gasteiger partial charge < -0.3 is 14.8 Å². The first-order valence-corrected chi connectivity index (χ1v) is 9.55. The zero-order valence-corrected chi connectivity index (χ0v) is 16.7. The lowest BCUT2D eigenvalue weighted by atomic mass is 10.1. The van der Waals surface area contributed by atoms with E-state index < -0.39 is 11.7 Å². The highest BCUT2D eigenvalue weighted by molar-refractivity contribution is 6.36. The Morgan fingerprint density at radius 2 is 1.70 bits per heavy atom. The second-order valence-electron chi connectivity index (χ2n) is 6.80. The summed E-state index contributed by atoms with van der Waals surface area (Å²) in [5, 5.41) is 2.54. The monoisotopic (exact) mass is 377 g/mol. The minimum Gasteiger partial charge on any atom is -0.490 e. The molecule has 0 aliphatic heterocycles. The molecule has 0 heterocycles. The van der Waals surface area contributed by atoms with Crippen LogP contribution in [0, 0.1) is 5.92 Å². The van der Waals surface area contributed by atoms with Crippen LogP contribution in [0.15, 0.2) is 24.3 Å². The van der Waals surface area contributed by atoms with E-state index in [-0.39, 0.29) is 31.5 Å². The Balaban J connectivity index is 2.30. The standard InChI is InChI=1S/C21H31NO5/c1-5-26-20(24)7-6-14-22-21(25)19(23)13-10-17-8-11-18(12-9-17)27-16(4)15(2)3/h8-9,11-12,15-16H,5-7,10,13-14H2,1-4H3,(H,22,25). The molecule has 1 N–H and O–H groups in total. The molecule has 0 aliphatic rings. The second kappa shape index (κ2) is 12.1. The van der Waals surface area contributed by atoms with Gasteiger partial charge in [-0.05, 0) is 50.3 Å². The smallest absolute Gasteiger partial charge is 0.305 e. The quantitative estimate of drug-likeness (QED) is 0.344. The fourth-order valence-corrected chi connectivity index (χ4v) is 2.22. The Morgan fingerprint density at radius 3 is 2.30 bits per heavy atom. The van der Waals surface area contributed by atoms with E-state index in [1.807, 2.05) is 31.2 Å². The van der Waals surface area contributed by atoms with Gasteiger partial charge in [0, 0.05) is 19.4 Å². The van der Waals surface area contributed by atoms with Gasteiger partial charge in [0.05, 0.1) is 12.7 Å². The number of rotatable bonds is 12. The zero-order valence-electron chi connectivity index (χ0n) is 16.7. The highest BCUT2D eigenvalue weighted by Gasteiger charge is 2.13. The van der Waals surface area contributed by atoms with Crippen molar-refractivity contribution < 1.29 is 23.9 Å². The molecule has 0 radical (unpaired) electrons. The van der Waals surface area contributed by atoms with Gasteiger partial charge in [-0.25, -0.2) is 0 Å². The van der Waals surface area contributed by atoms with Gasteiger partial charge in [-0.1, -0.05) is 26.0 Å². The lowest BCUT2D eigenvalue weighted by molar-refractivity contribution is -0.143. The predicted octanol–water partition coefficient (Wildman–Crippen LogP) is 3.07. The fourth-order valence-electron chi connectivity index (χ4n) is 2.22. The Hall–Kier alpha value is -2.37. The molecule has 0 fully saturated rings. The second-order valence-corrected chi connectivity index (χ2v) is 6.80. The molecular weight excluding hydrogens is 346 g/mol. The van der Waals surface area contributed by atoms with Crippen molar-refractivity contribution >= 4 is 17.7 Å². The summed E-state index contributed by atoms with van der Waals surface area (Å²) >= 11 is 0. The SMILES string of the molecule is CCOC(=O)CCCNC(=O)C(=O)CCc1ccc(OC(C)C(C)C)cc1. The molecule has 0 saturated heterocycles. The number of nitrogens with one attached hydrogen (secondary N) is 1. The third-order valence-electron chi connectivity index (χ3n) is 4.23. The molecule has 0 bridgehead atoms. The normalized spacial score (nSPS) is 11.7. The number of esters is 1. The van der Waals surface area contributed by atoms with Crippen LogP contribution in [0.5, 0.6) is 5.75 Å². The number of Topliss-reactive ketones (excluding diaryl/α,β-unsaturated/α-hetero) is 1. The van der Waals surface area contributed by atoms with Crippen molar-refractivity contribution in [1.29, 1.82) is 0 Å². The maximum atomic E-state index is 11.9. The molecule has 1 rings (SSSR count). The van der Waals surface area contributed by atoms with Gasteiger partial charge in [-0.15, -0.1) is 0 Å². The van der Waals surface area contributed by atoms with Gasteiger partial charge in [0.25, 0.3) is 5.91 Å². The summed E-state index contributed by atoms with van der Waals surface area (Å²) in [6.07, 6.45) is 1.45. The van der Waals surface area contributed by atoms with Gasteiger partial charge in [0.15, 0.2) is 0 Å². The van der Waals surface area contributed by atoms with Crippen LogP contribution in [0.4, 0.5) is 0 Å². The molecule has 6 heteroatoms. The average Bonchev–Trinajstić information content (AvgIpc) is 2.64. The van der Waals surface area contributed by atoms with Crippen molar-refractivity contribution in [1.82, 2.24) is 5.32 Å². The van der Waals surface area contributed by atoms with Crippen molar-refractivity contribution in [3.63, 3.8) is 0 Å². The van der Waals surface area contributed by atoms with E-state index in [4.69, 9.17) is 9.47 Å². The molecule has 27 heavy (non-hydrogen) atoms. The van der Waals surface area contributed by atoms with Crippen molar-refractivity contribution in [2.45, 2.75) is 59.5 Å². The van der Waals surface area contributed by atoms with Crippen LogP contribution in [0.1, 0.15) is 52.5 Å². The van der Waals surface area contributed by atoms with Crippen LogP contribution in [0.25, 0.3) is 0 Å². The van der Waals surface area contributed by atoms with E-state index in [2.05, 4.69) is 19.2 Å². The zero-order chi connectivity index (χ0) is 20.2. The predicted molar refractivity (Wildman–Crippen MR) is 104 cm³/mol. The third kappa shape index (κ3) is 9.22. The summed E-state index contributed by atoms with van der Waals surface area (Å²) in [7, 11) is 0. The summed E-state index contributed by atoms with van der Waals surface area (Å²) in [5.74, 6) is -0.138.